The summed E-state index contributed by atoms with van der Waals surface area (Å²) in [6.45, 7) is 0.998. The number of aromatic nitrogens is 2. The third kappa shape index (κ3) is 1.92. The van der Waals surface area contributed by atoms with Crippen LogP contribution in [0.5, 0.6) is 0 Å². The Kier molecular flexibility index (Phi) is 2.76. The number of rotatable bonds is 2. The molecule has 3 N–H and O–H groups in total. The molecule has 5 nitrogen and oxygen atoms in total. The van der Waals surface area contributed by atoms with Gasteiger partial charge in [0.2, 0.25) is 0 Å². The molecule has 1 aliphatic rings. The van der Waals surface area contributed by atoms with E-state index in [0.717, 1.165) is 25.2 Å². The van der Waals surface area contributed by atoms with Gasteiger partial charge in [-0.25, -0.2) is 9.97 Å². The van der Waals surface area contributed by atoms with Crippen molar-refractivity contribution in [3.05, 3.63) is 18.2 Å². The van der Waals surface area contributed by atoms with Crippen LogP contribution in [0.2, 0.25) is 0 Å². The molecule has 0 saturated carbocycles. The van der Waals surface area contributed by atoms with E-state index < -0.39 is 7.12 Å². The Balaban J connectivity index is 2.12. The first-order valence-electron chi connectivity index (χ1n) is 4.69. The summed E-state index contributed by atoms with van der Waals surface area (Å²) in [5.41, 5.74) is 0.326. The molecule has 1 aromatic rings. The molecule has 2 rings (SSSR count). The third-order valence-corrected chi connectivity index (χ3v) is 2.36. The van der Waals surface area contributed by atoms with E-state index in [1.807, 2.05) is 0 Å². The summed E-state index contributed by atoms with van der Waals surface area (Å²) >= 11 is 0. The number of nitrogens with zero attached hydrogens (tertiary/aromatic N) is 2. The maximum absolute atomic E-state index is 8.84. The minimum absolute atomic E-state index is 0.222. The normalized spacial score (nSPS) is 21.1. The molecule has 0 bridgehead atoms. The third-order valence-electron chi connectivity index (χ3n) is 2.36. The predicted octanol–water partition coefficient (Wildman–Crippen LogP) is -1.42. The highest BCUT2D eigenvalue weighted by Gasteiger charge is 2.19. The van der Waals surface area contributed by atoms with E-state index in [1.165, 1.54) is 12.4 Å². The van der Waals surface area contributed by atoms with Crippen molar-refractivity contribution >= 4 is 12.6 Å². The molecule has 0 radical (unpaired) electrons. The molecule has 0 aromatic carbocycles. The van der Waals surface area contributed by atoms with Gasteiger partial charge in [-0.1, -0.05) is 0 Å². The lowest BCUT2D eigenvalue weighted by Gasteiger charge is -2.08. The van der Waals surface area contributed by atoms with Crippen molar-refractivity contribution in [3.8, 4) is 0 Å². The highest BCUT2D eigenvalue weighted by atomic mass is 16.4. The van der Waals surface area contributed by atoms with Crippen LogP contribution >= 0.6 is 0 Å². The average molecular weight is 193 g/mol. The van der Waals surface area contributed by atoms with Gasteiger partial charge in [0, 0.05) is 17.9 Å². The van der Waals surface area contributed by atoms with Crippen LogP contribution < -0.4 is 10.8 Å². The smallest absolute Gasteiger partial charge is 0.423 e. The molecular formula is C8H12BN3O2. The van der Waals surface area contributed by atoms with E-state index in [-0.39, 0.29) is 6.04 Å². The summed E-state index contributed by atoms with van der Waals surface area (Å²) < 4.78 is 0. The molecule has 1 aromatic heterocycles. The topological polar surface area (TPSA) is 78.3 Å². The largest absolute Gasteiger partial charge is 0.491 e. The van der Waals surface area contributed by atoms with Gasteiger partial charge in [-0.2, -0.15) is 0 Å². The Morgan fingerprint density at radius 2 is 2.07 bits per heavy atom. The van der Waals surface area contributed by atoms with Crippen LogP contribution in [0.3, 0.4) is 0 Å². The second-order valence-corrected chi connectivity index (χ2v) is 3.40. The van der Waals surface area contributed by atoms with Crippen molar-refractivity contribution in [2.24, 2.45) is 0 Å². The summed E-state index contributed by atoms with van der Waals surface area (Å²) in [5, 5.41) is 21.0. The summed E-state index contributed by atoms with van der Waals surface area (Å²) in [6.07, 6.45) is 5.08. The van der Waals surface area contributed by atoms with Crippen molar-refractivity contribution in [1.29, 1.82) is 0 Å². The van der Waals surface area contributed by atoms with E-state index in [1.54, 1.807) is 0 Å². The fraction of sp³-hybridized carbons (Fsp3) is 0.500. The molecule has 1 unspecified atom stereocenters. The summed E-state index contributed by atoms with van der Waals surface area (Å²) in [5.74, 6) is 0.729. The Morgan fingerprint density at radius 3 is 2.57 bits per heavy atom. The predicted molar refractivity (Wildman–Crippen MR) is 51.8 cm³/mol. The minimum atomic E-state index is -1.49. The van der Waals surface area contributed by atoms with Crippen molar-refractivity contribution in [2.75, 3.05) is 6.54 Å². The van der Waals surface area contributed by atoms with Gasteiger partial charge in [-0.05, 0) is 19.4 Å². The zero-order valence-electron chi connectivity index (χ0n) is 7.72. The van der Waals surface area contributed by atoms with E-state index in [4.69, 9.17) is 10.0 Å². The lowest BCUT2D eigenvalue weighted by molar-refractivity contribution is 0.425. The quantitative estimate of drug-likeness (QED) is 0.502. The molecule has 2 heterocycles. The summed E-state index contributed by atoms with van der Waals surface area (Å²) in [7, 11) is -1.49. The van der Waals surface area contributed by atoms with Crippen molar-refractivity contribution < 1.29 is 10.0 Å². The second-order valence-electron chi connectivity index (χ2n) is 3.40. The standard InChI is InChI=1S/C8H12BN3O2/c13-9(14)6-4-11-8(12-5-6)7-2-1-3-10-7/h4-5,7,10,13-14H,1-3H2. The molecule has 14 heavy (non-hydrogen) atoms. The Bertz CT molecular complexity index is 298. The highest BCUT2D eigenvalue weighted by molar-refractivity contribution is 6.58. The Labute approximate surface area is 82.4 Å². The first-order chi connectivity index (χ1) is 6.77. The SMILES string of the molecule is OB(O)c1cnc(C2CCCN2)nc1. The monoisotopic (exact) mass is 193 g/mol. The Morgan fingerprint density at radius 1 is 1.36 bits per heavy atom. The van der Waals surface area contributed by atoms with Crippen LogP contribution in [0.4, 0.5) is 0 Å². The van der Waals surface area contributed by atoms with E-state index in [9.17, 15) is 0 Å². The molecule has 0 spiro atoms. The van der Waals surface area contributed by atoms with Gasteiger partial charge in [0.15, 0.2) is 0 Å². The molecular weight excluding hydrogens is 181 g/mol. The molecule has 1 aliphatic heterocycles. The van der Waals surface area contributed by atoms with Crippen LogP contribution in [-0.4, -0.2) is 33.7 Å². The zero-order valence-corrected chi connectivity index (χ0v) is 7.72. The Hall–Kier alpha value is -0.975. The van der Waals surface area contributed by atoms with Crippen LogP contribution in [0.15, 0.2) is 12.4 Å². The molecule has 0 aliphatic carbocycles. The van der Waals surface area contributed by atoms with Gasteiger partial charge in [0.25, 0.3) is 0 Å². The minimum Gasteiger partial charge on any atom is -0.423 e. The van der Waals surface area contributed by atoms with Crippen molar-refractivity contribution in [2.45, 2.75) is 18.9 Å². The highest BCUT2D eigenvalue weighted by Crippen LogP contribution is 2.18. The van der Waals surface area contributed by atoms with Crippen molar-refractivity contribution in [1.82, 2.24) is 15.3 Å². The molecule has 74 valence electrons. The lowest BCUT2D eigenvalue weighted by atomic mass is 9.83. The molecule has 1 atom stereocenters. The van der Waals surface area contributed by atoms with E-state index in [2.05, 4.69) is 15.3 Å². The summed E-state index contributed by atoms with van der Waals surface area (Å²) in [4.78, 5) is 8.18. The maximum atomic E-state index is 8.84. The summed E-state index contributed by atoms with van der Waals surface area (Å²) in [6, 6.07) is 0.222. The van der Waals surface area contributed by atoms with E-state index in [0.29, 0.717) is 5.46 Å². The maximum Gasteiger partial charge on any atom is 0.491 e. The van der Waals surface area contributed by atoms with Gasteiger partial charge < -0.3 is 15.4 Å². The van der Waals surface area contributed by atoms with Gasteiger partial charge in [-0.15, -0.1) is 0 Å². The fourth-order valence-electron chi connectivity index (χ4n) is 1.57. The second kappa shape index (κ2) is 4.04. The van der Waals surface area contributed by atoms with Crippen molar-refractivity contribution in [3.63, 3.8) is 0 Å². The number of hydrogen-bond donors (Lipinski definition) is 3. The molecule has 0 amide bonds. The number of nitrogens with one attached hydrogen (secondary N) is 1. The van der Waals surface area contributed by atoms with Gasteiger partial charge in [0.1, 0.15) is 5.82 Å². The van der Waals surface area contributed by atoms with Crippen LogP contribution in [0.25, 0.3) is 0 Å². The molecule has 6 heteroatoms. The first kappa shape index (κ1) is 9.58. The average Bonchev–Trinajstić information content (AvgIpc) is 2.71. The van der Waals surface area contributed by atoms with Crippen LogP contribution in [0, 0.1) is 0 Å². The molecule has 1 saturated heterocycles. The van der Waals surface area contributed by atoms with Gasteiger partial charge in [0.05, 0.1) is 6.04 Å². The molecule has 1 fully saturated rings. The van der Waals surface area contributed by atoms with Crippen LogP contribution in [0.1, 0.15) is 24.7 Å². The first-order valence-corrected chi connectivity index (χ1v) is 4.69. The van der Waals surface area contributed by atoms with E-state index >= 15 is 0 Å². The fourth-order valence-corrected chi connectivity index (χ4v) is 1.57. The van der Waals surface area contributed by atoms with Crippen LogP contribution in [-0.2, 0) is 0 Å². The van der Waals surface area contributed by atoms with Gasteiger partial charge >= 0.3 is 7.12 Å². The lowest BCUT2D eigenvalue weighted by Crippen LogP contribution is -2.31. The van der Waals surface area contributed by atoms with Gasteiger partial charge in [-0.3, -0.25) is 0 Å². The number of hydrogen-bond acceptors (Lipinski definition) is 5. The zero-order chi connectivity index (χ0) is 9.97.